The molecule has 0 heterocycles. The smallest absolute Gasteiger partial charge is 0.344 e. The maximum atomic E-state index is 12.1. The molecule has 2 aromatic carbocycles. The summed E-state index contributed by atoms with van der Waals surface area (Å²) >= 11 is 0. The van der Waals surface area contributed by atoms with Crippen LogP contribution in [0.2, 0.25) is 0 Å². The van der Waals surface area contributed by atoms with Gasteiger partial charge in [-0.25, -0.2) is 17.5 Å². The molecule has 0 saturated carbocycles. The molecule has 0 aliphatic heterocycles. The van der Waals surface area contributed by atoms with Crippen LogP contribution in [0.15, 0.2) is 47.4 Å². The first-order valence-corrected chi connectivity index (χ1v) is 10.2. The van der Waals surface area contributed by atoms with Gasteiger partial charge in [-0.05, 0) is 43.7 Å². The first kappa shape index (κ1) is 22.4. The fourth-order valence-electron chi connectivity index (χ4n) is 2.43. The Balaban J connectivity index is 1.86. The summed E-state index contributed by atoms with van der Waals surface area (Å²) in [4.78, 5) is 23.8. The second kappa shape index (κ2) is 9.53. The van der Waals surface area contributed by atoms with Gasteiger partial charge in [-0.15, -0.1) is 0 Å². The van der Waals surface area contributed by atoms with E-state index in [1.54, 1.807) is 6.07 Å². The average Bonchev–Trinajstić information content (AvgIpc) is 2.65. The minimum absolute atomic E-state index is 0.0409. The van der Waals surface area contributed by atoms with E-state index < -0.39 is 28.5 Å². The Labute approximate surface area is 170 Å². The van der Waals surface area contributed by atoms with E-state index in [1.807, 2.05) is 26.0 Å². The highest BCUT2D eigenvalue weighted by molar-refractivity contribution is 7.89. The van der Waals surface area contributed by atoms with Crippen LogP contribution in [0.25, 0.3) is 0 Å². The normalized spacial score (nSPS) is 11.2. The number of benzene rings is 2. The van der Waals surface area contributed by atoms with E-state index >= 15 is 0 Å². The third-order valence-corrected chi connectivity index (χ3v) is 5.75. The summed E-state index contributed by atoms with van der Waals surface area (Å²) < 4.78 is 35.7. The van der Waals surface area contributed by atoms with Crippen molar-refractivity contribution in [3.05, 3.63) is 53.6 Å². The van der Waals surface area contributed by atoms with Crippen LogP contribution < -0.4 is 10.1 Å². The van der Waals surface area contributed by atoms with Crippen molar-refractivity contribution in [2.24, 2.45) is 0 Å². The van der Waals surface area contributed by atoms with Gasteiger partial charge in [0.1, 0.15) is 5.75 Å². The van der Waals surface area contributed by atoms with Gasteiger partial charge in [-0.2, -0.15) is 0 Å². The van der Waals surface area contributed by atoms with Crippen molar-refractivity contribution in [3.8, 4) is 5.75 Å². The van der Waals surface area contributed by atoms with Gasteiger partial charge in [0.2, 0.25) is 10.0 Å². The van der Waals surface area contributed by atoms with Crippen LogP contribution in [0.5, 0.6) is 5.75 Å². The Morgan fingerprint density at radius 2 is 1.76 bits per heavy atom. The second-order valence-electron chi connectivity index (χ2n) is 6.58. The van der Waals surface area contributed by atoms with Gasteiger partial charge in [0.05, 0.1) is 4.90 Å². The molecule has 9 heteroatoms. The van der Waals surface area contributed by atoms with E-state index in [9.17, 15) is 18.0 Å². The molecule has 1 N–H and O–H groups in total. The molecule has 0 unspecified atom stereocenters. The summed E-state index contributed by atoms with van der Waals surface area (Å²) in [6, 6.07) is 11.4. The molecule has 0 bridgehead atoms. The van der Waals surface area contributed by atoms with Gasteiger partial charge < -0.3 is 14.8 Å². The summed E-state index contributed by atoms with van der Waals surface area (Å²) in [6.07, 6.45) is 0. The van der Waals surface area contributed by atoms with Crippen LogP contribution in [0.1, 0.15) is 11.1 Å². The van der Waals surface area contributed by atoms with Gasteiger partial charge >= 0.3 is 5.97 Å². The van der Waals surface area contributed by atoms with Crippen LogP contribution in [0, 0.1) is 13.8 Å². The number of rotatable bonds is 8. The van der Waals surface area contributed by atoms with Crippen molar-refractivity contribution in [3.63, 3.8) is 0 Å². The highest BCUT2D eigenvalue weighted by Crippen LogP contribution is 2.19. The first-order chi connectivity index (χ1) is 13.6. The predicted octanol–water partition coefficient (Wildman–Crippen LogP) is 2.11. The zero-order chi connectivity index (χ0) is 21.6. The number of aryl methyl sites for hydroxylation is 2. The average molecular weight is 420 g/mol. The molecule has 0 radical (unpaired) electrons. The molecular weight excluding hydrogens is 396 g/mol. The Bertz CT molecular complexity index is 1000. The molecule has 156 valence electrons. The number of sulfonamides is 1. The SMILES string of the molecule is Cc1ccc(OCC(=O)OCC(=O)Nc2cccc(S(=O)(=O)N(C)C)c2)c(C)c1. The van der Waals surface area contributed by atoms with Crippen LogP contribution in [-0.2, 0) is 24.3 Å². The first-order valence-electron chi connectivity index (χ1n) is 8.77. The summed E-state index contributed by atoms with van der Waals surface area (Å²) in [7, 11) is -0.787. The van der Waals surface area contributed by atoms with Crippen molar-refractivity contribution in [2.75, 3.05) is 32.6 Å². The number of ether oxygens (including phenoxy) is 2. The Kier molecular flexibility index (Phi) is 7.35. The minimum Gasteiger partial charge on any atom is -0.482 e. The topological polar surface area (TPSA) is 102 Å². The lowest BCUT2D eigenvalue weighted by atomic mass is 10.1. The standard InChI is InChI=1S/C20H24N2O6S/c1-14-8-9-18(15(2)10-14)27-13-20(24)28-12-19(23)21-16-6-5-7-17(11-16)29(25,26)22(3)4/h5-11H,12-13H2,1-4H3,(H,21,23). The molecule has 0 aromatic heterocycles. The highest BCUT2D eigenvalue weighted by Gasteiger charge is 2.18. The van der Waals surface area contributed by atoms with Crippen LogP contribution in [-0.4, -0.2) is 51.9 Å². The molecule has 8 nitrogen and oxygen atoms in total. The lowest BCUT2D eigenvalue weighted by Gasteiger charge is -2.13. The fraction of sp³-hybridized carbons (Fsp3) is 0.300. The molecule has 0 fully saturated rings. The molecule has 2 rings (SSSR count). The number of nitrogens with one attached hydrogen (secondary N) is 1. The maximum Gasteiger partial charge on any atom is 0.344 e. The van der Waals surface area contributed by atoms with Gasteiger partial charge in [0.15, 0.2) is 13.2 Å². The van der Waals surface area contributed by atoms with E-state index in [2.05, 4.69) is 5.32 Å². The lowest BCUT2D eigenvalue weighted by Crippen LogP contribution is -2.24. The molecule has 0 aliphatic rings. The summed E-state index contributed by atoms with van der Waals surface area (Å²) in [6.45, 7) is 2.98. The van der Waals surface area contributed by atoms with Gasteiger partial charge in [0, 0.05) is 19.8 Å². The molecule has 1 amide bonds. The second-order valence-corrected chi connectivity index (χ2v) is 8.73. The third-order valence-electron chi connectivity index (χ3n) is 3.94. The zero-order valence-corrected chi connectivity index (χ0v) is 17.6. The van der Waals surface area contributed by atoms with Crippen molar-refractivity contribution in [1.82, 2.24) is 4.31 Å². The molecule has 0 saturated heterocycles. The number of esters is 1. The Morgan fingerprint density at radius 1 is 1.03 bits per heavy atom. The number of hydrogen-bond donors (Lipinski definition) is 1. The maximum absolute atomic E-state index is 12.1. The number of carbonyl (C=O) groups is 2. The fourth-order valence-corrected chi connectivity index (χ4v) is 3.38. The molecule has 0 aliphatic carbocycles. The van der Waals surface area contributed by atoms with Crippen molar-refractivity contribution >= 4 is 27.6 Å². The van der Waals surface area contributed by atoms with Gasteiger partial charge in [0.25, 0.3) is 5.91 Å². The van der Waals surface area contributed by atoms with E-state index in [-0.39, 0.29) is 17.2 Å². The lowest BCUT2D eigenvalue weighted by molar-refractivity contribution is -0.149. The Hall–Kier alpha value is -2.91. The number of hydrogen-bond acceptors (Lipinski definition) is 6. The molecule has 0 atom stereocenters. The largest absolute Gasteiger partial charge is 0.482 e. The number of carbonyl (C=O) groups excluding carboxylic acids is 2. The molecular formula is C20H24N2O6S. The van der Waals surface area contributed by atoms with Crippen molar-refractivity contribution < 1.29 is 27.5 Å². The van der Waals surface area contributed by atoms with Crippen molar-refractivity contribution in [1.29, 1.82) is 0 Å². The van der Waals surface area contributed by atoms with Crippen LogP contribution in [0.3, 0.4) is 0 Å². The van der Waals surface area contributed by atoms with Crippen molar-refractivity contribution in [2.45, 2.75) is 18.7 Å². The van der Waals surface area contributed by atoms with Crippen LogP contribution in [0.4, 0.5) is 5.69 Å². The van der Waals surface area contributed by atoms with E-state index in [0.717, 1.165) is 15.4 Å². The predicted molar refractivity (Wildman–Crippen MR) is 108 cm³/mol. The highest BCUT2D eigenvalue weighted by atomic mass is 32.2. The van der Waals surface area contributed by atoms with Crippen LogP contribution >= 0.6 is 0 Å². The summed E-state index contributed by atoms with van der Waals surface area (Å²) in [5.74, 6) is -0.718. The number of nitrogens with zero attached hydrogens (tertiary/aromatic N) is 1. The molecule has 0 spiro atoms. The third kappa shape index (κ3) is 6.30. The summed E-state index contributed by atoms with van der Waals surface area (Å²) in [5, 5.41) is 2.50. The van der Waals surface area contributed by atoms with Gasteiger partial charge in [-0.3, -0.25) is 4.79 Å². The summed E-state index contributed by atoms with van der Waals surface area (Å²) in [5.41, 5.74) is 2.25. The number of amides is 1. The van der Waals surface area contributed by atoms with E-state index in [0.29, 0.717) is 5.75 Å². The van der Waals surface area contributed by atoms with Gasteiger partial charge in [-0.1, -0.05) is 23.8 Å². The van der Waals surface area contributed by atoms with E-state index in [1.165, 1.54) is 38.4 Å². The Morgan fingerprint density at radius 3 is 2.41 bits per heavy atom. The minimum atomic E-state index is -3.62. The molecule has 29 heavy (non-hydrogen) atoms. The molecule has 2 aromatic rings. The monoisotopic (exact) mass is 420 g/mol. The van der Waals surface area contributed by atoms with E-state index in [4.69, 9.17) is 9.47 Å². The quantitative estimate of drug-likeness (QED) is 0.657. The number of anilines is 1. The zero-order valence-electron chi connectivity index (χ0n) is 16.8.